The van der Waals surface area contributed by atoms with Crippen molar-refractivity contribution in [3.8, 4) is 0 Å². The highest BCUT2D eigenvalue weighted by atomic mass is 32.2. The molecule has 0 saturated heterocycles. The Morgan fingerprint density at radius 2 is 1.57 bits per heavy atom. The third-order valence-electron chi connectivity index (χ3n) is 3.87. The standard InChI is InChI=1S/C19H22O3S/c1-19(2,18(21)22-3)17(20)16(14-10-6-4-7-11-14)23-15-12-8-5-9-13-15/h4-13,16-17,20H,1-3H3. The highest BCUT2D eigenvalue weighted by molar-refractivity contribution is 7.99. The minimum Gasteiger partial charge on any atom is -0.469 e. The topological polar surface area (TPSA) is 46.5 Å². The molecular formula is C19H22O3S. The second-order valence-corrected chi connectivity index (χ2v) is 7.14. The summed E-state index contributed by atoms with van der Waals surface area (Å²) in [5.41, 5.74) is -0.0253. The lowest BCUT2D eigenvalue weighted by molar-refractivity contribution is -0.157. The first-order valence-electron chi connectivity index (χ1n) is 7.50. The zero-order valence-corrected chi connectivity index (χ0v) is 14.4. The van der Waals surface area contributed by atoms with Gasteiger partial charge in [0.1, 0.15) is 0 Å². The molecule has 2 rings (SSSR count). The lowest BCUT2D eigenvalue weighted by atomic mass is 9.83. The van der Waals surface area contributed by atoms with Gasteiger partial charge in [-0.3, -0.25) is 4.79 Å². The Kier molecular flexibility index (Phi) is 5.85. The number of hydrogen-bond donors (Lipinski definition) is 1. The Labute approximate surface area is 141 Å². The molecule has 0 fully saturated rings. The smallest absolute Gasteiger partial charge is 0.313 e. The number of esters is 1. The summed E-state index contributed by atoms with van der Waals surface area (Å²) in [4.78, 5) is 13.1. The van der Waals surface area contributed by atoms with Gasteiger partial charge in [0.15, 0.2) is 0 Å². The van der Waals surface area contributed by atoms with Crippen LogP contribution in [0.1, 0.15) is 24.7 Å². The Balaban J connectivity index is 2.35. The van der Waals surface area contributed by atoms with Crippen LogP contribution in [-0.4, -0.2) is 24.3 Å². The fourth-order valence-corrected chi connectivity index (χ4v) is 3.74. The molecule has 122 valence electrons. The van der Waals surface area contributed by atoms with Crippen LogP contribution in [0.25, 0.3) is 0 Å². The van der Waals surface area contributed by atoms with Crippen LogP contribution in [0.15, 0.2) is 65.6 Å². The maximum absolute atomic E-state index is 12.1. The maximum Gasteiger partial charge on any atom is 0.313 e. The number of benzene rings is 2. The largest absolute Gasteiger partial charge is 0.469 e. The van der Waals surface area contributed by atoms with E-state index in [9.17, 15) is 9.90 Å². The lowest BCUT2D eigenvalue weighted by Crippen LogP contribution is -2.41. The van der Waals surface area contributed by atoms with Gasteiger partial charge in [-0.05, 0) is 31.5 Å². The van der Waals surface area contributed by atoms with Crippen molar-refractivity contribution in [2.24, 2.45) is 5.41 Å². The van der Waals surface area contributed by atoms with Gasteiger partial charge >= 0.3 is 5.97 Å². The molecule has 0 spiro atoms. The maximum atomic E-state index is 12.1. The van der Waals surface area contributed by atoms with Gasteiger partial charge in [-0.15, -0.1) is 11.8 Å². The number of carbonyl (C=O) groups excluding carboxylic acids is 1. The van der Waals surface area contributed by atoms with E-state index in [4.69, 9.17) is 4.74 Å². The fourth-order valence-electron chi connectivity index (χ4n) is 2.37. The molecule has 23 heavy (non-hydrogen) atoms. The van der Waals surface area contributed by atoms with Crippen LogP contribution in [-0.2, 0) is 9.53 Å². The molecule has 0 aliphatic heterocycles. The Bertz CT molecular complexity index is 626. The molecule has 4 heteroatoms. The second kappa shape index (κ2) is 7.66. The summed E-state index contributed by atoms with van der Waals surface area (Å²) < 4.78 is 4.86. The first-order chi connectivity index (χ1) is 11.0. The van der Waals surface area contributed by atoms with Gasteiger partial charge in [0.25, 0.3) is 0 Å². The normalized spacial score (nSPS) is 14.1. The van der Waals surface area contributed by atoms with Crippen molar-refractivity contribution in [1.29, 1.82) is 0 Å². The van der Waals surface area contributed by atoms with Crippen LogP contribution in [0.2, 0.25) is 0 Å². The zero-order valence-electron chi connectivity index (χ0n) is 13.6. The van der Waals surface area contributed by atoms with Crippen LogP contribution in [0.3, 0.4) is 0 Å². The summed E-state index contributed by atoms with van der Waals surface area (Å²) in [6.45, 7) is 3.43. The van der Waals surface area contributed by atoms with E-state index in [-0.39, 0.29) is 5.25 Å². The van der Waals surface area contributed by atoms with E-state index >= 15 is 0 Å². The third kappa shape index (κ3) is 4.15. The molecule has 2 aromatic rings. The van der Waals surface area contributed by atoms with Gasteiger partial charge in [-0.25, -0.2) is 0 Å². The Morgan fingerprint density at radius 1 is 1.04 bits per heavy atom. The molecule has 0 radical (unpaired) electrons. The van der Waals surface area contributed by atoms with E-state index in [1.807, 2.05) is 60.7 Å². The first-order valence-corrected chi connectivity index (χ1v) is 8.38. The van der Waals surface area contributed by atoms with Crippen molar-refractivity contribution >= 4 is 17.7 Å². The molecule has 0 bridgehead atoms. The molecular weight excluding hydrogens is 308 g/mol. The van der Waals surface area contributed by atoms with Crippen molar-refractivity contribution in [3.05, 3.63) is 66.2 Å². The average Bonchev–Trinajstić information content (AvgIpc) is 2.59. The summed E-state index contributed by atoms with van der Waals surface area (Å²) >= 11 is 1.55. The van der Waals surface area contributed by atoms with Crippen molar-refractivity contribution in [2.45, 2.75) is 30.1 Å². The Hall–Kier alpha value is -1.78. The van der Waals surface area contributed by atoms with Gasteiger partial charge < -0.3 is 9.84 Å². The summed E-state index contributed by atoms with van der Waals surface area (Å²) in [5.74, 6) is -0.417. The summed E-state index contributed by atoms with van der Waals surface area (Å²) in [6.07, 6.45) is -0.887. The number of ether oxygens (including phenoxy) is 1. The Morgan fingerprint density at radius 3 is 2.09 bits per heavy atom. The zero-order chi connectivity index (χ0) is 16.9. The van der Waals surface area contributed by atoms with E-state index in [1.54, 1.807) is 25.6 Å². The SMILES string of the molecule is COC(=O)C(C)(C)C(O)C(Sc1ccccc1)c1ccccc1. The molecule has 2 unspecified atom stereocenters. The van der Waals surface area contributed by atoms with Crippen LogP contribution >= 0.6 is 11.8 Å². The highest BCUT2D eigenvalue weighted by Crippen LogP contribution is 2.43. The number of aliphatic hydroxyl groups excluding tert-OH is 1. The predicted octanol–water partition coefficient (Wildman–Crippen LogP) is 4.08. The van der Waals surface area contributed by atoms with E-state index in [1.165, 1.54) is 7.11 Å². The molecule has 0 amide bonds. The molecule has 3 nitrogen and oxygen atoms in total. The van der Waals surface area contributed by atoms with Gasteiger partial charge in [0.05, 0.1) is 23.9 Å². The van der Waals surface area contributed by atoms with Gasteiger partial charge in [-0.1, -0.05) is 48.5 Å². The number of thioether (sulfide) groups is 1. The minimum absolute atomic E-state index is 0.271. The van der Waals surface area contributed by atoms with Gasteiger partial charge in [-0.2, -0.15) is 0 Å². The van der Waals surface area contributed by atoms with Crippen molar-refractivity contribution in [1.82, 2.24) is 0 Å². The monoisotopic (exact) mass is 330 g/mol. The molecule has 0 heterocycles. The van der Waals surface area contributed by atoms with E-state index < -0.39 is 17.5 Å². The predicted molar refractivity (Wildman–Crippen MR) is 93.3 cm³/mol. The number of rotatable bonds is 6. The van der Waals surface area contributed by atoms with Crippen LogP contribution in [0, 0.1) is 5.41 Å². The third-order valence-corrected chi connectivity index (χ3v) is 5.20. The van der Waals surface area contributed by atoms with Crippen molar-refractivity contribution < 1.29 is 14.6 Å². The molecule has 0 aromatic heterocycles. The summed E-state index contributed by atoms with van der Waals surface area (Å²) in [7, 11) is 1.35. The number of hydrogen-bond acceptors (Lipinski definition) is 4. The molecule has 1 N–H and O–H groups in total. The quantitative estimate of drug-likeness (QED) is 0.640. The van der Waals surface area contributed by atoms with E-state index in [0.29, 0.717) is 0 Å². The molecule has 0 aliphatic carbocycles. The number of methoxy groups -OCH3 is 1. The van der Waals surface area contributed by atoms with Crippen molar-refractivity contribution in [2.75, 3.05) is 7.11 Å². The van der Waals surface area contributed by atoms with Crippen LogP contribution in [0.5, 0.6) is 0 Å². The average molecular weight is 330 g/mol. The summed E-state index contributed by atoms with van der Waals surface area (Å²) in [6, 6.07) is 19.6. The van der Waals surface area contributed by atoms with Crippen LogP contribution in [0.4, 0.5) is 0 Å². The number of aliphatic hydroxyl groups is 1. The number of carbonyl (C=O) groups is 1. The van der Waals surface area contributed by atoms with Crippen LogP contribution < -0.4 is 0 Å². The van der Waals surface area contributed by atoms with E-state index in [2.05, 4.69) is 0 Å². The first kappa shape index (κ1) is 17.6. The fraction of sp³-hybridized carbons (Fsp3) is 0.316. The molecule has 2 atom stereocenters. The minimum atomic E-state index is -1.00. The lowest BCUT2D eigenvalue weighted by Gasteiger charge is -2.33. The second-order valence-electron chi connectivity index (χ2n) is 5.92. The van der Waals surface area contributed by atoms with Gasteiger partial charge in [0, 0.05) is 4.90 Å². The van der Waals surface area contributed by atoms with E-state index in [0.717, 1.165) is 10.5 Å². The highest BCUT2D eigenvalue weighted by Gasteiger charge is 2.42. The molecule has 2 aromatic carbocycles. The summed E-state index contributed by atoms with van der Waals surface area (Å²) in [5, 5.41) is 10.7. The molecule has 0 saturated carbocycles. The van der Waals surface area contributed by atoms with Crippen molar-refractivity contribution in [3.63, 3.8) is 0 Å². The molecule has 0 aliphatic rings. The van der Waals surface area contributed by atoms with Gasteiger partial charge in [0.2, 0.25) is 0 Å².